The molecule has 0 atom stereocenters. The zero-order chi connectivity index (χ0) is 16.5. The molecule has 0 bridgehead atoms. The van der Waals surface area contributed by atoms with Crippen LogP contribution in [0.2, 0.25) is 0 Å². The van der Waals surface area contributed by atoms with E-state index in [1.807, 2.05) is 6.07 Å². The molecule has 1 aliphatic carbocycles. The number of hydrogen-bond acceptors (Lipinski definition) is 3. The van der Waals surface area contributed by atoms with Crippen LogP contribution in [0.4, 0.5) is 0 Å². The number of nitrogens with one attached hydrogen (secondary N) is 1. The summed E-state index contributed by atoms with van der Waals surface area (Å²) in [4.78, 5) is 0. The van der Waals surface area contributed by atoms with Crippen molar-refractivity contribution in [3.63, 3.8) is 0 Å². The lowest BCUT2D eigenvalue weighted by Gasteiger charge is -2.22. The van der Waals surface area contributed by atoms with Gasteiger partial charge in [0.1, 0.15) is 0 Å². The SMILES string of the molecule is CCCOc1c(CNC2CCCCCCC2)cc(Br)cc1OC. The van der Waals surface area contributed by atoms with Crippen molar-refractivity contribution in [2.45, 2.75) is 70.9 Å². The molecule has 1 aromatic rings. The average Bonchev–Trinajstić information content (AvgIpc) is 2.52. The van der Waals surface area contributed by atoms with E-state index in [4.69, 9.17) is 9.47 Å². The maximum atomic E-state index is 5.96. The standard InChI is InChI=1S/C19H30BrNO2/c1-3-11-23-19-15(12-16(20)13-18(19)22-2)14-21-17-9-7-5-4-6-8-10-17/h12-13,17,21H,3-11,14H2,1-2H3. The number of rotatable bonds is 7. The highest BCUT2D eigenvalue weighted by Crippen LogP contribution is 2.35. The molecule has 0 heterocycles. The predicted molar refractivity (Wildman–Crippen MR) is 99.4 cm³/mol. The number of methoxy groups -OCH3 is 1. The molecule has 0 aromatic heterocycles. The smallest absolute Gasteiger partial charge is 0.165 e. The van der Waals surface area contributed by atoms with E-state index >= 15 is 0 Å². The number of ether oxygens (including phenoxy) is 2. The van der Waals surface area contributed by atoms with E-state index in [1.54, 1.807) is 7.11 Å². The van der Waals surface area contributed by atoms with E-state index in [2.05, 4.69) is 34.2 Å². The van der Waals surface area contributed by atoms with Gasteiger partial charge in [-0.1, -0.05) is 55.0 Å². The highest BCUT2D eigenvalue weighted by molar-refractivity contribution is 9.10. The normalized spacial score (nSPS) is 16.7. The summed E-state index contributed by atoms with van der Waals surface area (Å²) in [6.45, 7) is 3.67. The first-order chi connectivity index (χ1) is 11.2. The van der Waals surface area contributed by atoms with Crippen LogP contribution in [0.3, 0.4) is 0 Å². The third-order valence-electron chi connectivity index (χ3n) is 4.45. The number of hydrogen-bond donors (Lipinski definition) is 1. The molecule has 1 aliphatic rings. The van der Waals surface area contributed by atoms with Crippen LogP contribution >= 0.6 is 15.9 Å². The molecule has 23 heavy (non-hydrogen) atoms. The summed E-state index contributed by atoms with van der Waals surface area (Å²) in [7, 11) is 1.70. The maximum absolute atomic E-state index is 5.96. The lowest BCUT2D eigenvalue weighted by atomic mass is 9.96. The third-order valence-corrected chi connectivity index (χ3v) is 4.91. The molecule has 130 valence electrons. The fourth-order valence-electron chi connectivity index (χ4n) is 3.19. The zero-order valence-corrected chi connectivity index (χ0v) is 16.1. The van der Waals surface area contributed by atoms with E-state index in [0.717, 1.165) is 28.9 Å². The zero-order valence-electron chi connectivity index (χ0n) is 14.5. The van der Waals surface area contributed by atoms with Gasteiger partial charge in [0.05, 0.1) is 13.7 Å². The molecule has 0 amide bonds. The Balaban J connectivity index is 2.05. The molecule has 0 aliphatic heterocycles. The van der Waals surface area contributed by atoms with Gasteiger partial charge in [0.15, 0.2) is 11.5 Å². The van der Waals surface area contributed by atoms with Gasteiger partial charge in [-0.25, -0.2) is 0 Å². The molecule has 3 nitrogen and oxygen atoms in total. The second-order valence-electron chi connectivity index (χ2n) is 6.37. The van der Waals surface area contributed by atoms with Crippen molar-refractivity contribution >= 4 is 15.9 Å². The van der Waals surface area contributed by atoms with Gasteiger partial charge in [-0.05, 0) is 31.4 Å². The summed E-state index contributed by atoms with van der Waals surface area (Å²) >= 11 is 3.58. The van der Waals surface area contributed by atoms with Crippen molar-refractivity contribution in [1.82, 2.24) is 5.32 Å². The Labute approximate surface area is 149 Å². The summed E-state index contributed by atoms with van der Waals surface area (Å²) in [5.41, 5.74) is 1.17. The van der Waals surface area contributed by atoms with Gasteiger partial charge in [-0.2, -0.15) is 0 Å². The Hall–Kier alpha value is -0.740. The van der Waals surface area contributed by atoms with Gasteiger partial charge in [-0.3, -0.25) is 0 Å². The first-order valence-corrected chi connectivity index (χ1v) is 9.76. The Morgan fingerprint density at radius 3 is 2.48 bits per heavy atom. The van der Waals surface area contributed by atoms with E-state index in [1.165, 1.54) is 50.5 Å². The Kier molecular flexibility index (Phi) is 8.24. The van der Waals surface area contributed by atoms with Crippen LogP contribution in [0.25, 0.3) is 0 Å². The van der Waals surface area contributed by atoms with Gasteiger partial charge in [0.25, 0.3) is 0 Å². The molecule has 1 fully saturated rings. The molecule has 2 rings (SSSR count). The molecule has 0 radical (unpaired) electrons. The van der Waals surface area contributed by atoms with Crippen LogP contribution in [0.5, 0.6) is 11.5 Å². The van der Waals surface area contributed by atoms with Crippen LogP contribution < -0.4 is 14.8 Å². The lowest BCUT2D eigenvalue weighted by molar-refractivity contribution is 0.289. The summed E-state index contributed by atoms with van der Waals surface area (Å²) in [5.74, 6) is 1.69. The average molecular weight is 384 g/mol. The highest BCUT2D eigenvalue weighted by Gasteiger charge is 2.15. The molecule has 0 unspecified atom stereocenters. The van der Waals surface area contributed by atoms with Crippen LogP contribution in [0, 0.1) is 0 Å². The highest BCUT2D eigenvalue weighted by atomic mass is 79.9. The second kappa shape index (κ2) is 10.2. The van der Waals surface area contributed by atoms with Crippen molar-refractivity contribution in [2.75, 3.05) is 13.7 Å². The Morgan fingerprint density at radius 1 is 1.13 bits per heavy atom. The molecule has 1 N–H and O–H groups in total. The maximum Gasteiger partial charge on any atom is 0.165 e. The van der Waals surface area contributed by atoms with Crippen LogP contribution in [0.1, 0.15) is 63.9 Å². The molecule has 1 aromatic carbocycles. The summed E-state index contributed by atoms with van der Waals surface area (Å²) in [6, 6.07) is 4.74. The first-order valence-electron chi connectivity index (χ1n) is 8.97. The minimum atomic E-state index is 0.624. The second-order valence-corrected chi connectivity index (χ2v) is 7.28. The Morgan fingerprint density at radius 2 is 1.83 bits per heavy atom. The minimum Gasteiger partial charge on any atom is -0.493 e. The molecular formula is C19H30BrNO2. The van der Waals surface area contributed by atoms with Crippen molar-refractivity contribution in [3.05, 3.63) is 22.2 Å². The van der Waals surface area contributed by atoms with Crippen LogP contribution in [-0.4, -0.2) is 19.8 Å². The first kappa shape index (κ1) is 18.6. The topological polar surface area (TPSA) is 30.5 Å². The molecule has 0 saturated heterocycles. The number of benzene rings is 1. The van der Waals surface area contributed by atoms with Gasteiger partial charge in [-0.15, -0.1) is 0 Å². The summed E-state index contributed by atoms with van der Waals surface area (Å²) < 4.78 is 12.5. The molecule has 1 saturated carbocycles. The van der Waals surface area contributed by atoms with Crippen molar-refractivity contribution in [3.8, 4) is 11.5 Å². The van der Waals surface area contributed by atoms with Crippen molar-refractivity contribution in [1.29, 1.82) is 0 Å². The fourth-order valence-corrected chi connectivity index (χ4v) is 3.67. The van der Waals surface area contributed by atoms with Crippen LogP contribution in [0.15, 0.2) is 16.6 Å². The lowest BCUT2D eigenvalue weighted by Crippen LogP contribution is -2.29. The van der Waals surface area contributed by atoms with E-state index < -0.39 is 0 Å². The van der Waals surface area contributed by atoms with E-state index in [-0.39, 0.29) is 0 Å². The van der Waals surface area contributed by atoms with E-state index in [0.29, 0.717) is 12.6 Å². The van der Waals surface area contributed by atoms with E-state index in [9.17, 15) is 0 Å². The summed E-state index contributed by atoms with van der Waals surface area (Å²) in [5, 5.41) is 3.74. The van der Waals surface area contributed by atoms with Gasteiger partial charge < -0.3 is 14.8 Å². The largest absolute Gasteiger partial charge is 0.493 e. The minimum absolute atomic E-state index is 0.624. The monoisotopic (exact) mass is 383 g/mol. The molecule has 0 spiro atoms. The van der Waals surface area contributed by atoms with Gasteiger partial charge >= 0.3 is 0 Å². The third kappa shape index (κ3) is 6.00. The quantitative estimate of drug-likeness (QED) is 0.678. The number of halogens is 1. The molecule has 4 heteroatoms. The summed E-state index contributed by atoms with van der Waals surface area (Å²) in [6.07, 6.45) is 10.4. The van der Waals surface area contributed by atoms with Crippen LogP contribution in [-0.2, 0) is 6.54 Å². The molecular weight excluding hydrogens is 354 g/mol. The van der Waals surface area contributed by atoms with Crippen molar-refractivity contribution in [2.24, 2.45) is 0 Å². The fraction of sp³-hybridized carbons (Fsp3) is 0.684. The van der Waals surface area contributed by atoms with Gasteiger partial charge in [0.2, 0.25) is 0 Å². The van der Waals surface area contributed by atoms with Crippen molar-refractivity contribution < 1.29 is 9.47 Å². The Bertz CT molecular complexity index is 471. The predicted octanol–water partition coefficient (Wildman–Crippen LogP) is 5.45. The van der Waals surface area contributed by atoms with Gasteiger partial charge in [0, 0.05) is 22.6 Å².